The fraction of sp³-hybridized carbons (Fsp3) is 0.300. The van der Waals surface area contributed by atoms with Crippen LogP contribution in [0.2, 0.25) is 0 Å². The van der Waals surface area contributed by atoms with Crippen LogP contribution in [-0.2, 0) is 14.3 Å². The summed E-state index contributed by atoms with van der Waals surface area (Å²) in [6.07, 6.45) is 2.80. The van der Waals surface area contributed by atoms with Crippen molar-refractivity contribution in [3.05, 3.63) is 98.7 Å². The Labute approximate surface area is 214 Å². The molecule has 7 nitrogen and oxygen atoms in total. The van der Waals surface area contributed by atoms with Gasteiger partial charge in [0.2, 0.25) is 0 Å². The summed E-state index contributed by atoms with van der Waals surface area (Å²) in [5.74, 6) is -0.938. The number of fused-ring (bicyclic) bond motifs is 1. The summed E-state index contributed by atoms with van der Waals surface area (Å²) < 4.78 is 16.9. The van der Waals surface area contributed by atoms with Gasteiger partial charge in [0.15, 0.2) is 11.2 Å². The Kier molecular flexibility index (Phi) is 6.70. The van der Waals surface area contributed by atoms with Crippen molar-refractivity contribution in [3.63, 3.8) is 0 Å². The number of allylic oxidation sites excluding steroid dienone is 3. The molecule has 37 heavy (non-hydrogen) atoms. The number of hydrogen-bond acceptors (Lipinski definition) is 7. The molecule has 2 heterocycles. The molecular formula is C30H29NO6. The van der Waals surface area contributed by atoms with Crippen molar-refractivity contribution in [2.24, 2.45) is 0 Å². The summed E-state index contributed by atoms with van der Waals surface area (Å²) >= 11 is 0. The molecule has 0 spiro atoms. The standard InChI is InChI=1S/C30H29NO6/c1-4-13-36-30(34)26-17(2)31-22-14-18(19-9-5-7-11-24(19)35-3)15-23(32)28(22)27(26)21-16-37-25-12-8-6-10-20(25)29(21)33/h5-12,16,18,27,31H,4,13-15H2,1-3H3/t18-,27-/m0/s1. The molecule has 3 aromatic rings. The Morgan fingerprint density at radius 1 is 1.05 bits per heavy atom. The van der Waals surface area contributed by atoms with Crippen molar-refractivity contribution in [1.82, 2.24) is 5.32 Å². The largest absolute Gasteiger partial charge is 0.496 e. The summed E-state index contributed by atoms with van der Waals surface area (Å²) in [4.78, 5) is 40.7. The number of Topliss-reactive ketones (excluding diaryl/α,β-unsaturated/α-hetero) is 1. The molecule has 0 fully saturated rings. The zero-order chi connectivity index (χ0) is 26.1. The van der Waals surface area contributed by atoms with E-state index < -0.39 is 11.9 Å². The van der Waals surface area contributed by atoms with E-state index in [9.17, 15) is 14.4 Å². The van der Waals surface area contributed by atoms with Crippen LogP contribution in [0.5, 0.6) is 5.75 Å². The number of hydrogen-bond donors (Lipinski definition) is 1. The molecule has 7 heteroatoms. The quantitative estimate of drug-likeness (QED) is 0.471. The van der Waals surface area contributed by atoms with E-state index in [4.69, 9.17) is 13.9 Å². The molecule has 1 N–H and O–H groups in total. The van der Waals surface area contributed by atoms with Crippen LogP contribution in [0.1, 0.15) is 56.1 Å². The third-order valence-electron chi connectivity index (χ3n) is 7.08. The summed E-state index contributed by atoms with van der Waals surface area (Å²) in [5.41, 5.74) is 3.32. The maximum absolute atomic E-state index is 13.8. The normalized spacial score (nSPS) is 19.5. The molecule has 1 aromatic heterocycles. The van der Waals surface area contributed by atoms with Gasteiger partial charge in [-0.3, -0.25) is 9.59 Å². The highest BCUT2D eigenvalue weighted by atomic mass is 16.5. The Morgan fingerprint density at radius 2 is 1.81 bits per heavy atom. The number of methoxy groups -OCH3 is 1. The molecule has 0 saturated heterocycles. The smallest absolute Gasteiger partial charge is 0.336 e. The van der Waals surface area contributed by atoms with Crippen LogP contribution in [-0.4, -0.2) is 25.5 Å². The number of para-hydroxylation sites is 2. The van der Waals surface area contributed by atoms with Crippen LogP contribution in [0.4, 0.5) is 0 Å². The van der Waals surface area contributed by atoms with E-state index >= 15 is 0 Å². The average molecular weight is 500 g/mol. The van der Waals surface area contributed by atoms with Gasteiger partial charge in [-0.1, -0.05) is 37.3 Å². The maximum atomic E-state index is 13.8. The molecule has 2 aromatic carbocycles. The minimum Gasteiger partial charge on any atom is -0.496 e. The highest BCUT2D eigenvalue weighted by Gasteiger charge is 2.43. The zero-order valence-electron chi connectivity index (χ0n) is 21.1. The van der Waals surface area contributed by atoms with Gasteiger partial charge in [0.05, 0.1) is 36.9 Å². The van der Waals surface area contributed by atoms with Gasteiger partial charge >= 0.3 is 5.97 Å². The Bertz CT molecular complexity index is 1510. The minimum absolute atomic E-state index is 0.107. The van der Waals surface area contributed by atoms with Crippen molar-refractivity contribution in [2.45, 2.75) is 44.9 Å². The van der Waals surface area contributed by atoms with Crippen LogP contribution >= 0.6 is 0 Å². The van der Waals surface area contributed by atoms with Gasteiger partial charge in [-0.25, -0.2) is 4.79 Å². The Morgan fingerprint density at radius 3 is 2.59 bits per heavy atom. The van der Waals surface area contributed by atoms with Crippen molar-refractivity contribution < 1.29 is 23.5 Å². The van der Waals surface area contributed by atoms with Crippen molar-refractivity contribution in [2.75, 3.05) is 13.7 Å². The molecule has 2 aliphatic rings. The van der Waals surface area contributed by atoms with E-state index in [2.05, 4.69) is 5.32 Å². The van der Waals surface area contributed by atoms with Gasteiger partial charge in [0, 0.05) is 34.9 Å². The lowest BCUT2D eigenvalue weighted by Crippen LogP contribution is -2.37. The van der Waals surface area contributed by atoms with Crippen molar-refractivity contribution in [1.29, 1.82) is 0 Å². The molecule has 1 aliphatic carbocycles. The van der Waals surface area contributed by atoms with Gasteiger partial charge in [-0.15, -0.1) is 0 Å². The molecule has 0 unspecified atom stereocenters. The SMILES string of the molecule is CCCOC(=O)C1=C(C)NC2=C(C(=O)C[C@@H](c3ccccc3OC)C2)[C@H]1c1coc2ccccc2c1=O. The topological polar surface area (TPSA) is 94.8 Å². The van der Waals surface area contributed by atoms with Crippen molar-refractivity contribution >= 4 is 22.7 Å². The molecule has 0 amide bonds. The first-order valence-electron chi connectivity index (χ1n) is 12.5. The third kappa shape index (κ3) is 4.35. The van der Waals surface area contributed by atoms with Gasteiger partial charge in [-0.05, 0) is 43.5 Å². The molecule has 190 valence electrons. The summed E-state index contributed by atoms with van der Waals surface area (Å²) in [6, 6.07) is 14.6. The lowest BCUT2D eigenvalue weighted by atomic mass is 9.71. The van der Waals surface area contributed by atoms with E-state index in [1.54, 1.807) is 38.3 Å². The molecule has 1 aliphatic heterocycles. The molecular weight excluding hydrogens is 470 g/mol. The summed E-state index contributed by atoms with van der Waals surface area (Å²) in [7, 11) is 1.61. The first-order chi connectivity index (χ1) is 17.9. The molecule has 0 radical (unpaired) electrons. The number of carbonyl (C=O) groups is 2. The predicted molar refractivity (Wildman–Crippen MR) is 139 cm³/mol. The van der Waals surface area contributed by atoms with E-state index in [1.165, 1.54) is 6.26 Å². The number of dihydropyridines is 1. The Balaban J connectivity index is 1.66. The molecule has 2 atom stereocenters. The van der Waals surface area contributed by atoms with E-state index in [1.807, 2.05) is 31.2 Å². The van der Waals surface area contributed by atoms with Gasteiger partial charge in [0.1, 0.15) is 11.3 Å². The second-order valence-corrected chi connectivity index (χ2v) is 9.41. The monoisotopic (exact) mass is 499 g/mol. The molecule has 0 saturated carbocycles. The lowest BCUT2D eigenvalue weighted by molar-refractivity contribution is -0.139. The minimum atomic E-state index is -0.882. The Hall–Kier alpha value is -4.13. The van der Waals surface area contributed by atoms with E-state index in [-0.39, 0.29) is 41.3 Å². The van der Waals surface area contributed by atoms with Gasteiger partial charge in [0.25, 0.3) is 0 Å². The molecule has 0 bridgehead atoms. The number of benzene rings is 2. The van der Waals surface area contributed by atoms with E-state index in [0.29, 0.717) is 40.8 Å². The van der Waals surface area contributed by atoms with Crippen molar-refractivity contribution in [3.8, 4) is 5.75 Å². The third-order valence-corrected chi connectivity index (χ3v) is 7.08. The van der Waals surface area contributed by atoms with Crippen LogP contribution in [0.25, 0.3) is 11.0 Å². The number of esters is 1. The first kappa shape index (κ1) is 24.6. The number of nitrogens with one attached hydrogen (secondary N) is 1. The fourth-order valence-electron chi connectivity index (χ4n) is 5.41. The second kappa shape index (κ2) is 10.1. The van der Waals surface area contributed by atoms with Gasteiger partial charge in [-0.2, -0.15) is 0 Å². The van der Waals surface area contributed by atoms with Crippen LogP contribution in [0.15, 0.2) is 86.5 Å². The highest BCUT2D eigenvalue weighted by Crippen LogP contribution is 2.46. The number of ketones is 1. The van der Waals surface area contributed by atoms with Gasteiger partial charge < -0.3 is 19.2 Å². The number of ether oxygens (including phenoxy) is 2. The fourth-order valence-corrected chi connectivity index (χ4v) is 5.41. The first-order valence-corrected chi connectivity index (χ1v) is 12.5. The zero-order valence-corrected chi connectivity index (χ0v) is 21.1. The second-order valence-electron chi connectivity index (χ2n) is 9.41. The average Bonchev–Trinajstić information content (AvgIpc) is 2.91. The summed E-state index contributed by atoms with van der Waals surface area (Å²) in [5, 5.41) is 3.71. The maximum Gasteiger partial charge on any atom is 0.336 e. The lowest BCUT2D eigenvalue weighted by Gasteiger charge is -2.36. The van der Waals surface area contributed by atoms with Crippen LogP contribution in [0, 0.1) is 0 Å². The number of carbonyl (C=O) groups excluding carboxylic acids is 2. The van der Waals surface area contributed by atoms with Crippen LogP contribution in [0.3, 0.4) is 0 Å². The molecule has 5 rings (SSSR count). The van der Waals surface area contributed by atoms with E-state index in [0.717, 1.165) is 11.3 Å². The summed E-state index contributed by atoms with van der Waals surface area (Å²) in [6.45, 7) is 3.93. The predicted octanol–water partition coefficient (Wildman–Crippen LogP) is 5.12. The highest BCUT2D eigenvalue weighted by molar-refractivity contribution is 6.04. The van der Waals surface area contributed by atoms with Crippen LogP contribution < -0.4 is 15.5 Å². The number of rotatable bonds is 6.